The van der Waals surface area contributed by atoms with Crippen LogP contribution in [0.2, 0.25) is 0 Å². The van der Waals surface area contributed by atoms with E-state index in [2.05, 4.69) is 15.6 Å². The summed E-state index contributed by atoms with van der Waals surface area (Å²) in [4.78, 5) is 30.0. The van der Waals surface area contributed by atoms with E-state index in [0.717, 1.165) is 27.8 Å². The lowest BCUT2D eigenvalue weighted by Crippen LogP contribution is -2.47. The highest BCUT2D eigenvalue weighted by atomic mass is 19.1. The molecule has 6 nitrogen and oxygen atoms in total. The summed E-state index contributed by atoms with van der Waals surface area (Å²) in [7, 11) is 0. The van der Waals surface area contributed by atoms with Crippen molar-refractivity contribution in [2.75, 3.05) is 18.4 Å². The van der Waals surface area contributed by atoms with Crippen molar-refractivity contribution in [2.24, 2.45) is 0 Å². The van der Waals surface area contributed by atoms with Crippen LogP contribution >= 0.6 is 0 Å². The Morgan fingerprint density at radius 1 is 1.13 bits per heavy atom. The number of hydrogen-bond donors (Lipinski definition) is 3. The fourth-order valence-corrected chi connectivity index (χ4v) is 3.99. The van der Waals surface area contributed by atoms with E-state index in [1.165, 1.54) is 12.1 Å². The number of para-hydroxylation sites is 1. The van der Waals surface area contributed by atoms with Crippen LogP contribution in [0.1, 0.15) is 24.1 Å². The highest BCUT2D eigenvalue weighted by Gasteiger charge is 2.25. The fourth-order valence-electron chi connectivity index (χ4n) is 3.99. The van der Waals surface area contributed by atoms with E-state index in [9.17, 15) is 14.0 Å². The number of amides is 3. The van der Waals surface area contributed by atoms with E-state index in [4.69, 9.17) is 0 Å². The largest absolute Gasteiger partial charge is 0.358 e. The highest BCUT2D eigenvalue weighted by Crippen LogP contribution is 2.24. The standard InChI is InChI=1S/C23H25FN4O2/c1-15-19(20-13-16(24)7-8-21(20)25-15)14-22(29)28-11-9-18(10-12-28)27-23(30)26-17-5-3-2-4-6-17/h2-8,13,18,25H,9-12,14H2,1H3,(H2,26,27,30). The predicted octanol–water partition coefficient (Wildman–Crippen LogP) is 3.97. The lowest BCUT2D eigenvalue weighted by Gasteiger charge is -2.32. The molecule has 0 unspecified atom stereocenters. The van der Waals surface area contributed by atoms with Crippen molar-refractivity contribution in [2.45, 2.75) is 32.2 Å². The zero-order valence-electron chi connectivity index (χ0n) is 16.9. The number of aromatic nitrogens is 1. The van der Waals surface area contributed by atoms with E-state index < -0.39 is 0 Å². The Bertz CT molecular complexity index is 1060. The number of carbonyl (C=O) groups is 2. The molecule has 1 aliphatic heterocycles. The number of urea groups is 1. The third-order valence-electron chi connectivity index (χ3n) is 5.62. The number of fused-ring (bicyclic) bond motifs is 1. The Morgan fingerprint density at radius 3 is 2.60 bits per heavy atom. The van der Waals surface area contributed by atoms with Gasteiger partial charge in [-0.3, -0.25) is 4.79 Å². The molecule has 3 aromatic rings. The molecule has 7 heteroatoms. The minimum Gasteiger partial charge on any atom is -0.358 e. The van der Waals surface area contributed by atoms with Crippen molar-refractivity contribution in [3.05, 3.63) is 65.6 Å². The van der Waals surface area contributed by atoms with Crippen molar-refractivity contribution in [1.82, 2.24) is 15.2 Å². The maximum atomic E-state index is 13.7. The number of rotatable bonds is 4. The molecule has 4 rings (SSSR count). The van der Waals surface area contributed by atoms with Crippen LogP contribution in [-0.2, 0) is 11.2 Å². The molecule has 1 aliphatic rings. The van der Waals surface area contributed by atoms with Crippen LogP contribution < -0.4 is 10.6 Å². The van der Waals surface area contributed by atoms with Crippen LogP contribution in [0.4, 0.5) is 14.9 Å². The second-order valence-electron chi connectivity index (χ2n) is 7.71. The van der Waals surface area contributed by atoms with Crippen molar-refractivity contribution < 1.29 is 14.0 Å². The molecule has 0 aliphatic carbocycles. The van der Waals surface area contributed by atoms with Gasteiger partial charge in [-0.2, -0.15) is 0 Å². The van der Waals surface area contributed by atoms with Gasteiger partial charge in [-0.25, -0.2) is 9.18 Å². The smallest absolute Gasteiger partial charge is 0.319 e. The average molecular weight is 408 g/mol. The third kappa shape index (κ3) is 4.45. The Balaban J connectivity index is 1.31. The number of piperidine rings is 1. The number of benzene rings is 2. The second-order valence-corrected chi connectivity index (χ2v) is 7.71. The molecule has 1 fully saturated rings. The number of aryl methyl sites for hydroxylation is 1. The normalized spacial score (nSPS) is 14.7. The Kier molecular flexibility index (Phi) is 5.70. The first-order valence-electron chi connectivity index (χ1n) is 10.2. The molecule has 3 amide bonds. The molecule has 2 aromatic carbocycles. The number of hydrogen-bond acceptors (Lipinski definition) is 2. The van der Waals surface area contributed by atoms with Crippen LogP contribution in [0.15, 0.2) is 48.5 Å². The Morgan fingerprint density at radius 2 is 1.87 bits per heavy atom. The minimum absolute atomic E-state index is 0.0236. The molecule has 30 heavy (non-hydrogen) atoms. The van der Waals surface area contributed by atoms with E-state index in [0.29, 0.717) is 25.9 Å². The van der Waals surface area contributed by atoms with Crippen LogP contribution in [0.25, 0.3) is 10.9 Å². The van der Waals surface area contributed by atoms with Crippen LogP contribution in [0.5, 0.6) is 0 Å². The molecule has 156 valence electrons. The summed E-state index contributed by atoms with van der Waals surface area (Å²) < 4.78 is 13.7. The molecule has 1 saturated heterocycles. The summed E-state index contributed by atoms with van der Waals surface area (Å²) >= 11 is 0. The van der Waals surface area contributed by atoms with Gasteiger partial charge < -0.3 is 20.5 Å². The predicted molar refractivity (Wildman–Crippen MR) is 115 cm³/mol. The number of halogens is 1. The van der Waals surface area contributed by atoms with Crippen molar-refractivity contribution in [3.63, 3.8) is 0 Å². The molecule has 0 atom stereocenters. The Hall–Kier alpha value is -3.35. The van der Waals surface area contributed by atoms with E-state index in [1.54, 1.807) is 6.07 Å². The quantitative estimate of drug-likeness (QED) is 0.611. The highest BCUT2D eigenvalue weighted by molar-refractivity contribution is 5.90. The summed E-state index contributed by atoms with van der Waals surface area (Å²) in [5, 5.41) is 6.55. The van der Waals surface area contributed by atoms with Gasteiger partial charge in [0.15, 0.2) is 0 Å². The molecular formula is C23H25FN4O2. The summed E-state index contributed by atoms with van der Waals surface area (Å²) in [5.41, 5.74) is 3.31. The van der Waals surface area contributed by atoms with Gasteiger partial charge >= 0.3 is 6.03 Å². The summed E-state index contributed by atoms with van der Waals surface area (Å²) in [5.74, 6) is -0.286. The maximum absolute atomic E-state index is 13.7. The number of aromatic amines is 1. The minimum atomic E-state index is -0.309. The van der Waals surface area contributed by atoms with E-state index in [-0.39, 0.29) is 30.2 Å². The Labute approximate surface area is 174 Å². The molecule has 0 spiro atoms. The maximum Gasteiger partial charge on any atom is 0.319 e. The van der Waals surface area contributed by atoms with Crippen LogP contribution in [0, 0.1) is 12.7 Å². The number of likely N-dealkylation sites (tertiary alicyclic amines) is 1. The van der Waals surface area contributed by atoms with E-state index in [1.807, 2.05) is 42.2 Å². The number of carbonyl (C=O) groups excluding carboxylic acids is 2. The fraction of sp³-hybridized carbons (Fsp3) is 0.304. The molecule has 0 saturated carbocycles. The first-order valence-corrected chi connectivity index (χ1v) is 10.2. The van der Waals surface area contributed by atoms with Crippen molar-refractivity contribution in [1.29, 1.82) is 0 Å². The first kappa shape index (κ1) is 19.9. The SMILES string of the molecule is Cc1[nH]c2ccc(F)cc2c1CC(=O)N1CCC(NC(=O)Nc2ccccc2)CC1. The van der Waals surface area contributed by atoms with Crippen molar-refractivity contribution in [3.8, 4) is 0 Å². The summed E-state index contributed by atoms with van der Waals surface area (Å²) in [6.07, 6.45) is 1.65. The van der Waals surface area contributed by atoms with Gasteiger partial charge in [-0.05, 0) is 55.7 Å². The van der Waals surface area contributed by atoms with Gasteiger partial charge in [0, 0.05) is 41.4 Å². The zero-order valence-corrected chi connectivity index (χ0v) is 16.9. The summed E-state index contributed by atoms with van der Waals surface area (Å²) in [6.45, 7) is 3.08. The lowest BCUT2D eigenvalue weighted by atomic mass is 10.0. The molecule has 2 heterocycles. The first-order chi connectivity index (χ1) is 14.5. The third-order valence-corrected chi connectivity index (χ3v) is 5.62. The van der Waals surface area contributed by atoms with Gasteiger partial charge in [0.2, 0.25) is 5.91 Å². The lowest BCUT2D eigenvalue weighted by molar-refractivity contribution is -0.131. The second kappa shape index (κ2) is 8.57. The molecule has 0 radical (unpaired) electrons. The average Bonchev–Trinajstić information content (AvgIpc) is 3.04. The topological polar surface area (TPSA) is 77.2 Å². The number of nitrogens with one attached hydrogen (secondary N) is 3. The van der Waals surface area contributed by atoms with Crippen LogP contribution in [-0.4, -0.2) is 41.0 Å². The van der Waals surface area contributed by atoms with E-state index >= 15 is 0 Å². The molecular weight excluding hydrogens is 383 g/mol. The van der Waals surface area contributed by atoms with Gasteiger partial charge in [0.25, 0.3) is 0 Å². The van der Waals surface area contributed by atoms with Crippen LogP contribution in [0.3, 0.4) is 0 Å². The summed E-state index contributed by atoms with van der Waals surface area (Å²) in [6, 6.07) is 13.7. The van der Waals surface area contributed by atoms with Gasteiger partial charge in [-0.1, -0.05) is 18.2 Å². The zero-order chi connectivity index (χ0) is 21.1. The van der Waals surface area contributed by atoms with Gasteiger partial charge in [0.1, 0.15) is 5.82 Å². The molecule has 1 aromatic heterocycles. The van der Waals surface area contributed by atoms with Gasteiger partial charge in [0.05, 0.1) is 6.42 Å². The monoisotopic (exact) mass is 408 g/mol. The number of H-pyrrole nitrogens is 1. The number of nitrogens with zero attached hydrogens (tertiary/aromatic N) is 1. The van der Waals surface area contributed by atoms with Crippen molar-refractivity contribution >= 4 is 28.5 Å². The molecule has 0 bridgehead atoms. The molecule has 3 N–H and O–H groups in total. The number of anilines is 1. The van der Waals surface area contributed by atoms with Gasteiger partial charge in [-0.15, -0.1) is 0 Å².